The maximum Gasteiger partial charge on any atom is 0.0811 e. The molecule has 1 N–H and O–H groups in total. The van der Waals surface area contributed by atoms with Gasteiger partial charge >= 0.3 is 0 Å². The molecule has 1 fully saturated rings. The average molecular weight is 285 g/mol. The Morgan fingerprint density at radius 3 is 2.81 bits per heavy atom. The van der Waals surface area contributed by atoms with Crippen LogP contribution in [0.15, 0.2) is 42.6 Å². The lowest BCUT2D eigenvalue weighted by molar-refractivity contribution is 0.0592. The molecule has 0 saturated carbocycles. The quantitative estimate of drug-likeness (QED) is 0.918. The zero-order valence-corrected chi connectivity index (χ0v) is 12.7. The van der Waals surface area contributed by atoms with E-state index in [-0.39, 0.29) is 12.1 Å². The first-order valence-corrected chi connectivity index (χ1v) is 7.75. The summed E-state index contributed by atoms with van der Waals surface area (Å²) in [6.07, 6.45) is 3.21. The van der Waals surface area contributed by atoms with Gasteiger partial charge in [0.25, 0.3) is 0 Å². The average Bonchev–Trinajstić information content (AvgIpc) is 3.15. The van der Waals surface area contributed by atoms with Gasteiger partial charge in [-0.1, -0.05) is 32.0 Å². The van der Waals surface area contributed by atoms with Crippen molar-refractivity contribution in [1.82, 2.24) is 15.1 Å². The van der Waals surface area contributed by atoms with Gasteiger partial charge in [0.2, 0.25) is 0 Å². The maximum atomic E-state index is 5.99. The molecular weight excluding hydrogens is 262 g/mol. The van der Waals surface area contributed by atoms with Crippen LogP contribution < -0.4 is 5.32 Å². The Morgan fingerprint density at radius 1 is 1.33 bits per heavy atom. The molecule has 0 spiro atoms. The molecule has 0 bridgehead atoms. The molecule has 3 atom stereocenters. The molecule has 4 nitrogen and oxygen atoms in total. The molecule has 1 aliphatic heterocycles. The van der Waals surface area contributed by atoms with E-state index in [0.717, 1.165) is 25.3 Å². The molecule has 1 aliphatic rings. The standard InChI is InChI=1S/C17H23N3O/c1-3-18-16(17-13(2)10-12-21-17)15-9-11-19-20(15)14-7-5-4-6-8-14/h4-9,11,13,16-18H,3,10,12H2,1-2H3. The molecule has 0 amide bonds. The minimum absolute atomic E-state index is 0.176. The fourth-order valence-corrected chi connectivity index (χ4v) is 3.09. The smallest absolute Gasteiger partial charge is 0.0811 e. The van der Waals surface area contributed by atoms with Crippen molar-refractivity contribution in [2.75, 3.05) is 13.2 Å². The van der Waals surface area contributed by atoms with E-state index >= 15 is 0 Å². The summed E-state index contributed by atoms with van der Waals surface area (Å²) in [6.45, 7) is 6.17. The number of hydrogen-bond acceptors (Lipinski definition) is 3. The highest BCUT2D eigenvalue weighted by molar-refractivity contribution is 5.33. The molecule has 112 valence electrons. The number of nitrogens with one attached hydrogen (secondary N) is 1. The number of benzene rings is 1. The first-order valence-electron chi connectivity index (χ1n) is 7.75. The van der Waals surface area contributed by atoms with E-state index in [1.807, 2.05) is 29.1 Å². The van der Waals surface area contributed by atoms with Crippen LogP contribution in [0, 0.1) is 5.92 Å². The van der Waals surface area contributed by atoms with Crippen LogP contribution in [0.1, 0.15) is 32.0 Å². The van der Waals surface area contributed by atoms with Crippen molar-refractivity contribution in [2.45, 2.75) is 32.4 Å². The third-order valence-corrected chi connectivity index (χ3v) is 4.19. The van der Waals surface area contributed by atoms with Gasteiger partial charge in [-0.3, -0.25) is 0 Å². The number of ether oxygens (including phenoxy) is 1. The van der Waals surface area contributed by atoms with Gasteiger partial charge in [-0.15, -0.1) is 0 Å². The van der Waals surface area contributed by atoms with Gasteiger partial charge in [0, 0.05) is 12.8 Å². The predicted octanol–water partition coefficient (Wildman–Crippen LogP) is 2.95. The van der Waals surface area contributed by atoms with Crippen LogP contribution in [-0.2, 0) is 4.74 Å². The molecule has 0 radical (unpaired) electrons. The molecule has 4 heteroatoms. The lowest BCUT2D eigenvalue weighted by Gasteiger charge is -2.27. The zero-order valence-electron chi connectivity index (χ0n) is 12.7. The predicted molar refractivity (Wildman–Crippen MR) is 83.5 cm³/mol. The van der Waals surface area contributed by atoms with Gasteiger partial charge in [0.15, 0.2) is 0 Å². The summed E-state index contributed by atoms with van der Waals surface area (Å²) >= 11 is 0. The van der Waals surface area contributed by atoms with E-state index < -0.39 is 0 Å². The molecule has 1 aromatic heterocycles. The largest absolute Gasteiger partial charge is 0.376 e. The Balaban J connectivity index is 1.95. The highest BCUT2D eigenvalue weighted by Gasteiger charge is 2.34. The topological polar surface area (TPSA) is 39.1 Å². The molecule has 2 heterocycles. The lowest BCUT2D eigenvalue weighted by atomic mass is 9.95. The van der Waals surface area contributed by atoms with Crippen LogP contribution in [0.3, 0.4) is 0 Å². The number of aromatic nitrogens is 2. The third kappa shape index (κ3) is 2.87. The Bertz CT molecular complexity index is 566. The monoisotopic (exact) mass is 285 g/mol. The van der Waals surface area contributed by atoms with Crippen LogP contribution in [0.5, 0.6) is 0 Å². The van der Waals surface area contributed by atoms with Gasteiger partial charge in [0.1, 0.15) is 0 Å². The van der Waals surface area contributed by atoms with Crippen LogP contribution >= 0.6 is 0 Å². The fourth-order valence-electron chi connectivity index (χ4n) is 3.09. The first-order chi connectivity index (χ1) is 10.3. The number of hydrogen-bond donors (Lipinski definition) is 1. The van der Waals surface area contributed by atoms with E-state index in [1.165, 1.54) is 5.69 Å². The highest BCUT2D eigenvalue weighted by Crippen LogP contribution is 2.32. The number of rotatable bonds is 5. The number of nitrogens with zero attached hydrogens (tertiary/aromatic N) is 2. The molecule has 3 rings (SSSR count). The molecule has 3 unspecified atom stereocenters. The zero-order chi connectivity index (χ0) is 14.7. The van der Waals surface area contributed by atoms with Crippen LogP contribution in [-0.4, -0.2) is 29.0 Å². The Labute approximate surface area is 126 Å². The van der Waals surface area contributed by atoms with E-state index in [2.05, 4.69) is 42.5 Å². The molecule has 2 aromatic rings. The summed E-state index contributed by atoms with van der Waals surface area (Å²) in [5.74, 6) is 0.563. The van der Waals surface area contributed by atoms with Crippen molar-refractivity contribution in [2.24, 2.45) is 5.92 Å². The normalized spacial score (nSPS) is 23.3. The SMILES string of the molecule is CCNC(c1ccnn1-c1ccccc1)C1OCCC1C. The second-order valence-electron chi connectivity index (χ2n) is 5.64. The first kappa shape index (κ1) is 14.3. The molecule has 21 heavy (non-hydrogen) atoms. The summed E-state index contributed by atoms with van der Waals surface area (Å²) in [5.41, 5.74) is 2.26. The van der Waals surface area contributed by atoms with E-state index in [4.69, 9.17) is 4.74 Å². The summed E-state index contributed by atoms with van der Waals surface area (Å²) in [4.78, 5) is 0. The van der Waals surface area contributed by atoms with Gasteiger partial charge in [-0.05, 0) is 37.1 Å². The van der Waals surface area contributed by atoms with Crippen LogP contribution in [0.25, 0.3) is 5.69 Å². The molecular formula is C17H23N3O. The second kappa shape index (κ2) is 6.41. The third-order valence-electron chi connectivity index (χ3n) is 4.19. The van der Waals surface area contributed by atoms with Crippen LogP contribution in [0.4, 0.5) is 0 Å². The summed E-state index contributed by atoms with van der Waals surface area (Å²) in [5, 5.41) is 8.09. The van der Waals surface area contributed by atoms with E-state index in [9.17, 15) is 0 Å². The van der Waals surface area contributed by atoms with Crippen molar-refractivity contribution in [3.8, 4) is 5.69 Å². The van der Waals surface area contributed by atoms with Gasteiger partial charge in [0.05, 0.1) is 23.5 Å². The second-order valence-corrected chi connectivity index (χ2v) is 5.64. The summed E-state index contributed by atoms with van der Waals surface area (Å²) < 4.78 is 8.01. The Morgan fingerprint density at radius 2 is 2.14 bits per heavy atom. The number of para-hydroxylation sites is 1. The van der Waals surface area contributed by atoms with Gasteiger partial charge in [-0.25, -0.2) is 4.68 Å². The number of likely N-dealkylation sites (N-methyl/N-ethyl adjacent to an activating group) is 1. The molecule has 0 aliphatic carbocycles. The minimum atomic E-state index is 0.176. The van der Waals surface area contributed by atoms with Gasteiger partial charge < -0.3 is 10.1 Å². The molecule has 1 saturated heterocycles. The maximum absolute atomic E-state index is 5.99. The fraction of sp³-hybridized carbons (Fsp3) is 0.471. The minimum Gasteiger partial charge on any atom is -0.376 e. The van der Waals surface area contributed by atoms with Crippen LogP contribution in [0.2, 0.25) is 0 Å². The van der Waals surface area contributed by atoms with Crippen molar-refractivity contribution >= 4 is 0 Å². The van der Waals surface area contributed by atoms with Crippen molar-refractivity contribution in [1.29, 1.82) is 0 Å². The van der Waals surface area contributed by atoms with E-state index in [1.54, 1.807) is 0 Å². The lowest BCUT2D eigenvalue weighted by Crippen LogP contribution is -2.36. The van der Waals surface area contributed by atoms with Gasteiger partial charge in [-0.2, -0.15) is 5.10 Å². The van der Waals surface area contributed by atoms with Crippen molar-refractivity contribution in [3.05, 3.63) is 48.3 Å². The summed E-state index contributed by atoms with van der Waals surface area (Å²) in [6, 6.07) is 12.5. The van der Waals surface area contributed by atoms with Crippen molar-refractivity contribution < 1.29 is 4.74 Å². The Kier molecular flexibility index (Phi) is 4.36. The Hall–Kier alpha value is -1.65. The summed E-state index contributed by atoms with van der Waals surface area (Å²) in [7, 11) is 0. The molecule has 1 aromatic carbocycles. The van der Waals surface area contributed by atoms with Crippen molar-refractivity contribution in [3.63, 3.8) is 0 Å². The highest BCUT2D eigenvalue weighted by atomic mass is 16.5. The van der Waals surface area contributed by atoms with E-state index in [0.29, 0.717) is 5.92 Å².